The second-order valence-electron chi connectivity index (χ2n) is 11.1. The number of hydrogen-bond donors (Lipinski definition) is 4. The van der Waals surface area contributed by atoms with Crippen LogP contribution in [0.1, 0.15) is 11.1 Å². The summed E-state index contributed by atoms with van der Waals surface area (Å²) in [4.78, 5) is 32.3. The zero-order valence-electron chi connectivity index (χ0n) is 26.1. The second-order valence-corrected chi connectivity index (χ2v) is 13.7. The lowest BCUT2D eigenvalue weighted by Crippen LogP contribution is -2.32. The van der Waals surface area contributed by atoms with Gasteiger partial charge in [-0.1, -0.05) is 59.9 Å². The van der Waals surface area contributed by atoms with E-state index in [0.717, 1.165) is 25.4 Å². The smallest absolute Gasteiger partial charge is 0.320 e. The number of nitrogens with zero attached hydrogens (tertiary/aromatic N) is 4. The molecule has 252 valence electrons. The summed E-state index contributed by atoms with van der Waals surface area (Å²) in [7, 11) is 5.66. The first-order chi connectivity index (χ1) is 22.6. The first-order valence-corrected chi connectivity index (χ1v) is 16.8. The van der Waals surface area contributed by atoms with Crippen molar-refractivity contribution in [2.75, 3.05) is 0 Å². The predicted octanol–water partition coefficient (Wildman–Crippen LogP) is 6.64. The van der Waals surface area contributed by atoms with Crippen LogP contribution in [-0.2, 0) is 43.6 Å². The number of fused-ring (bicyclic) bond motifs is 3. The van der Waals surface area contributed by atoms with Crippen LogP contribution in [0.25, 0.3) is 32.7 Å². The van der Waals surface area contributed by atoms with Gasteiger partial charge in [0.15, 0.2) is 0 Å². The number of aliphatic carboxylic acids is 2. The highest BCUT2D eigenvalue weighted by molar-refractivity contribution is 9.11. The third-order valence-electron chi connectivity index (χ3n) is 7.76. The molecule has 0 aliphatic rings. The highest BCUT2D eigenvalue weighted by Gasteiger charge is 2.23. The zero-order valence-corrected chi connectivity index (χ0v) is 30.9. The normalized spacial score (nSPS) is 12.2. The summed E-state index contributed by atoms with van der Waals surface area (Å²) < 4.78 is 8.50. The van der Waals surface area contributed by atoms with Gasteiger partial charge in [0.2, 0.25) is 0 Å². The molecule has 6 N–H and O–H groups in total. The number of hydrogen-bond acceptors (Lipinski definition) is 6. The van der Waals surface area contributed by atoms with Crippen LogP contribution in [0.5, 0.6) is 0 Å². The van der Waals surface area contributed by atoms with Gasteiger partial charge < -0.3 is 35.4 Å². The molecule has 0 bridgehead atoms. The quantitative estimate of drug-likeness (QED) is 0.102. The van der Waals surface area contributed by atoms with E-state index in [2.05, 4.69) is 83.8 Å². The number of aromatic nitrogens is 3. The van der Waals surface area contributed by atoms with Crippen LogP contribution in [-0.4, -0.2) is 52.9 Å². The maximum atomic E-state index is 11.1. The number of nitro benzene ring substituents is 1. The molecular formula is C33H33Br3N6O6. The molecule has 6 rings (SSSR count). The van der Waals surface area contributed by atoms with Crippen molar-refractivity contribution in [3.63, 3.8) is 0 Å². The Hall–Kier alpha value is -4.02. The van der Waals surface area contributed by atoms with Gasteiger partial charge in [-0.15, -0.1) is 0 Å². The third-order valence-corrected chi connectivity index (χ3v) is 9.77. The number of halogens is 3. The van der Waals surface area contributed by atoms with Crippen molar-refractivity contribution in [2.45, 2.75) is 24.9 Å². The van der Waals surface area contributed by atoms with Gasteiger partial charge in [-0.25, -0.2) is 0 Å². The van der Waals surface area contributed by atoms with Gasteiger partial charge in [-0.2, -0.15) is 0 Å². The summed E-state index contributed by atoms with van der Waals surface area (Å²) in [5, 5.41) is 31.7. The number of carboxylic acids is 2. The summed E-state index contributed by atoms with van der Waals surface area (Å²) in [5.41, 5.74) is 15.5. The molecule has 2 atom stereocenters. The van der Waals surface area contributed by atoms with Crippen molar-refractivity contribution >= 4 is 98.1 Å². The molecule has 0 fully saturated rings. The Morgan fingerprint density at radius 1 is 0.750 bits per heavy atom. The molecule has 0 aliphatic heterocycles. The van der Waals surface area contributed by atoms with Crippen LogP contribution in [0.2, 0.25) is 0 Å². The van der Waals surface area contributed by atoms with Crippen molar-refractivity contribution in [1.82, 2.24) is 13.7 Å². The minimum Gasteiger partial charge on any atom is -0.480 e. The molecule has 0 radical (unpaired) electrons. The maximum Gasteiger partial charge on any atom is 0.320 e. The molecule has 2 unspecified atom stereocenters. The fourth-order valence-corrected chi connectivity index (χ4v) is 7.12. The lowest BCUT2D eigenvalue weighted by atomic mass is 10.1. The number of aryl methyl sites for hydroxylation is 3. The summed E-state index contributed by atoms with van der Waals surface area (Å²) in [6, 6.07) is 15.3. The molecule has 0 amide bonds. The summed E-state index contributed by atoms with van der Waals surface area (Å²) in [5.74, 6) is -2.09. The van der Waals surface area contributed by atoms with Crippen LogP contribution in [0, 0.1) is 10.1 Å². The molecule has 0 saturated heterocycles. The van der Waals surface area contributed by atoms with E-state index in [1.165, 1.54) is 17.0 Å². The molecule has 3 aromatic carbocycles. The number of benzene rings is 3. The lowest BCUT2D eigenvalue weighted by Gasteiger charge is -2.05. The fourth-order valence-electron chi connectivity index (χ4n) is 5.44. The van der Waals surface area contributed by atoms with Gasteiger partial charge in [-0.3, -0.25) is 19.7 Å². The second kappa shape index (κ2) is 15.5. The Kier molecular flexibility index (Phi) is 11.9. The molecule has 48 heavy (non-hydrogen) atoms. The van der Waals surface area contributed by atoms with Crippen LogP contribution in [0.3, 0.4) is 0 Å². The molecule has 0 aliphatic carbocycles. The van der Waals surface area contributed by atoms with E-state index in [0.29, 0.717) is 27.4 Å². The molecule has 0 spiro atoms. The summed E-state index contributed by atoms with van der Waals surface area (Å²) >= 11 is 10.3. The van der Waals surface area contributed by atoms with E-state index in [-0.39, 0.29) is 12.1 Å². The van der Waals surface area contributed by atoms with E-state index in [1.807, 2.05) is 42.1 Å². The Labute approximate surface area is 300 Å². The van der Waals surface area contributed by atoms with Crippen molar-refractivity contribution in [2.24, 2.45) is 32.6 Å². The first kappa shape index (κ1) is 36.8. The number of non-ortho nitro benzene ring substituents is 1. The van der Waals surface area contributed by atoms with Gasteiger partial charge in [-0.05, 0) is 47.5 Å². The summed E-state index contributed by atoms with van der Waals surface area (Å²) in [6.07, 6.45) is 6.10. The monoisotopic (exact) mass is 846 g/mol. The van der Waals surface area contributed by atoms with Crippen LogP contribution in [0.4, 0.5) is 5.69 Å². The number of rotatable bonds is 7. The number of carboxylic acid groups (broad SMARTS) is 2. The van der Waals surface area contributed by atoms with Crippen LogP contribution >= 0.6 is 47.8 Å². The van der Waals surface area contributed by atoms with Gasteiger partial charge in [0, 0.05) is 99.3 Å². The molecule has 6 aromatic rings. The van der Waals surface area contributed by atoms with E-state index in [9.17, 15) is 19.7 Å². The van der Waals surface area contributed by atoms with Crippen molar-refractivity contribution in [1.29, 1.82) is 0 Å². The van der Waals surface area contributed by atoms with Crippen molar-refractivity contribution in [3.8, 4) is 0 Å². The van der Waals surface area contributed by atoms with Crippen LogP contribution < -0.4 is 11.5 Å². The Morgan fingerprint density at radius 2 is 1.27 bits per heavy atom. The summed E-state index contributed by atoms with van der Waals surface area (Å²) in [6.45, 7) is 0. The molecule has 12 nitrogen and oxygen atoms in total. The SMILES string of the molecule is Cn1cc(CC(N)C(=O)O)c2c(Br)ccc([N+](=O)[O-])c21.Cn1cc(CC(N)C(=O)O)c2c(Br)cccc21.Cn1ccc2c(Br)cccc21. The largest absolute Gasteiger partial charge is 0.480 e. The Balaban J connectivity index is 0.000000169. The Morgan fingerprint density at radius 3 is 1.83 bits per heavy atom. The number of nitro groups is 1. The van der Waals surface area contributed by atoms with E-state index < -0.39 is 28.9 Å². The van der Waals surface area contributed by atoms with Gasteiger partial charge >= 0.3 is 11.9 Å². The average Bonchev–Trinajstić information content (AvgIpc) is 3.68. The minimum absolute atomic E-state index is 0.0270. The van der Waals surface area contributed by atoms with E-state index >= 15 is 0 Å². The van der Waals surface area contributed by atoms with E-state index in [4.69, 9.17) is 21.7 Å². The zero-order chi connectivity index (χ0) is 35.4. The lowest BCUT2D eigenvalue weighted by molar-refractivity contribution is -0.383. The Bertz CT molecular complexity index is 2150. The van der Waals surface area contributed by atoms with Crippen molar-refractivity contribution in [3.05, 3.63) is 108 Å². The molecule has 15 heteroatoms. The topological polar surface area (TPSA) is 185 Å². The molecular weight excluding hydrogens is 816 g/mol. The molecule has 3 heterocycles. The first-order valence-electron chi connectivity index (χ1n) is 14.4. The van der Waals surface area contributed by atoms with Gasteiger partial charge in [0.1, 0.15) is 17.6 Å². The van der Waals surface area contributed by atoms with Gasteiger partial charge in [0.25, 0.3) is 5.69 Å². The predicted molar refractivity (Wildman–Crippen MR) is 197 cm³/mol. The third kappa shape index (κ3) is 7.98. The minimum atomic E-state index is -1.11. The standard InChI is InChI=1S/C12H12BrN3O4.C12H13BrN2O2.C9H8BrN/c1-15-5-6(4-8(14)12(17)18)10-7(13)2-3-9(11(10)15)16(19)20;1-15-6-7(5-9(14)12(16)17)11-8(13)3-2-4-10(11)15;1-11-6-5-7-8(10)3-2-4-9(7)11/h2-3,5,8H,4,14H2,1H3,(H,17,18);2-4,6,9H,5,14H2,1H3,(H,16,17);2-6H,1H3. The molecule has 0 saturated carbocycles. The molecule has 3 aromatic heterocycles. The fraction of sp³-hybridized carbons (Fsp3) is 0.212. The van der Waals surface area contributed by atoms with Gasteiger partial charge in [0.05, 0.1) is 4.92 Å². The van der Waals surface area contributed by atoms with Crippen molar-refractivity contribution < 1.29 is 24.7 Å². The number of carbonyl (C=O) groups is 2. The van der Waals surface area contributed by atoms with Crippen LogP contribution in [0.15, 0.2) is 86.6 Å². The average molecular weight is 849 g/mol. The highest BCUT2D eigenvalue weighted by Crippen LogP contribution is 2.35. The highest BCUT2D eigenvalue weighted by atomic mass is 79.9. The van der Waals surface area contributed by atoms with E-state index in [1.54, 1.807) is 23.9 Å². The maximum absolute atomic E-state index is 11.1. The number of nitrogens with two attached hydrogens (primary N) is 2.